The van der Waals surface area contributed by atoms with Crippen LogP contribution in [0.2, 0.25) is 0 Å². The van der Waals surface area contributed by atoms with Crippen LogP contribution in [0.5, 0.6) is 5.75 Å². The van der Waals surface area contributed by atoms with E-state index in [4.69, 9.17) is 9.47 Å². The Morgan fingerprint density at radius 1 is 1.13 bits per heavy atom. The van der Waals surface area contributed by atoms with Gasteiger partial charge in [-0.05, 0) is 41.5 Å². The van der Waals surface area contributed by atoms with Crippen LogP contribution in [0.1, 0.15) is 27.9 Å². The van der Waals surface area contributed by atoms with Gasteiger partial charge in [-0.25, -0.2) is 0 Å². The number of hydrogen-bond donors (Lipinski definition) is 1. The van der Waals surface area contributed by atoms with Crippen LogP contribution in [0.3, 0.4) is 0 Å². The summed E-state index contributed by atoms with van der Waals surface area (Å²) in [4.78, 5) is 12.8. The SMILES string of the molecule is COCCCOc1cc(/C=C/c2cccc(Br)c2)cc(C(=O)Nc2ccn(C)n2)c1. The van der Waals surface area contributed by atoms with E-state index in [0.717, 1.165) is 22.0 Å². The van der Waals surface area contributed by atoms with Crippen molar-refractivity contribution in [1.29, 1.82) is 0 Å². The molecule has 156 valence electrons. The van der Waals surface area contributed by atoms with Crippen molar-refractivity contribution in [3.05, 3.63) is 75.9 Å². The van der Waals surface area contributed by atoms with Gasteiger partial charge in [0, 0.05) is 49.5 Å². The normalized spacial score (nSPS) is 11.0. The molecule has 0 saturated heterocycles. The van der Waals surface area contributed by atoms with E-state index in [1.54, 1.807) is 37.2 Å². The number of carbonyl (C=O) groups excluding carboxylic acids is 1. The van der Waals surface area contributed by atoms with Crippen molar-refractivity contribution in [2.75, 3.05) is 25.6 Å². The van der Waals surface area contributed by atoms with Gasteiger partial charge in [-0.3, -0.25) is 9.48 Å². The van der Waals surface area contributed by atoms with Gasteiger partial charge >= 0.3 is 0 Å². The molecule has 0 aliphatic heterocycles. The molecule has 1 amide bonds. The molecule has 1 aromatic heterocycles. The van der Waals surface area contributed by atoms with Crippen LogP contribution >= 0.6 is 15.9 Å². The number of rotatable bonds is 9. The second-order valence-corrected chi connectivity index (χ2v) is 7.62. The monoisotopic (exact) mass is 469 g/mol. The summed E-state index contributed by atoms with van der Waals surface area (Å²) in [5.41, 5.74) is 2.42. The number of ether oxygens (including phenoxy) is 2. The van der Waals surface area contributed by atoms with Gasteiger partial charge in [0.05, 0.1) is 6.61 Å². The van der Waals surface area contributed by atoms with Crippen LogP contribution in [0, 0.1) is 0 Å². The van der Waals surface area contributed by atoms with E-state index in [9.17, 15) is 4.79 Å². The largest absolute Gasteiger partial charge is 0.493 e. The third kappa shape index (κ3) is 6.57. The van der Waals surface area contributed by atoms with Gasteiger partial charge in [-0.2, -0.15) is 5.10 Å². The van der Waals surface area contributed by atoms with E-state index in [1.165, 1.54) is 0 Å². The molecule has 3 aromatic rings. The predicted molar refractivity (Wildman–Crippen MR) is 123 cm³/mol. The first-order valence-corrected chi connectivity index (χ1v) is 10.3. The van der Waals surface area contributed by atoms with Crippen LogP contribution < -0.4 is 10.1 Å². The smallest absolute Gasteiger partial charge is 0.257 e. The molecule has 2 aromatic carbocycles. The average Bonchev–Trinajstić information content (AvgIpc) is 3.14. The highest BCUT2D eigenvalue weighted by Gasteiger charge is 2.11. The van der Waals surface area contributed by atoms with Crippen LogP contribution in [0.25, 0.3) is 12.2 Å². The summed E-state index contributed by atoms with van der Waals surface area (Å²) in [5, 5.41) is 7.01. The molecule has 0 bridgehead atoms. The van der Waals surface area contributed by atoms with Crippen molar-refractivity contribution in [3.63, 3.8) is 0 Å². The van der Waals surface area contributed by atoms with Gasteiger partial charge in [-0.15, -0.1) is 0 Å². The van der Waals surface area contributed by atoms with Gasteiger partial charge in [0.2, 0.25) is 0 Å². The molecule has 6 nitrogen and oxygen atoms in total. The van der Waals surface area contributed by atoms with E-state index in [1.807, 2.05) is 48.6 Å². The zero-order valence-electron chi connectivity index (χ0n) is 17.0. The summed E-state index contributed by atoms with van der Waals surface area (Å²) in [7, 11) is 3.46. The minimum absolute atomic E-state index is 0.242. The molecule has 0 atom stereocenters. The fraction of sp³-hybridized carbons (Fsp3) is 0.217. The number of hydrogen-bond acceptors (Lipinski definition) is 4. The number of carbonyl (C=O) groups is 1. The topological polar surface area (TPSA) is 65.4 Å². The van der Waals surface area contributed by atoms with Crippen molar-refractivity contribution in [2.24, 2.45) is 7.05 Å². The zero-order chi connectivity index (χ0) is 21.3. The fourth-order valence-electron chi connectivity index (χ4n) is 2.80. The van der Waals surface area contributed by atoms with Crippen LogP contribution in [0.15, 0.2) is 59.2 Å². The Morgan fingerprint density at radius 3 is 2.70 bits per heavy atom. The molecule has 0 aliphatic rings. The first kappa shape index (κ1) is 21.8. The van der Waals surface area contributed by atoms with Crippen LogP contribution in [0.4, 0.5) is 5.82 Å². The van der Waals surface area contributed by atoms with Crippen molar-refractivity contribution in [2.45, 2.75) is 6.42 Å². The Bertz CT molecular complexity index is 1030. The van der Waals surface area contributed by atoms with Gasteiger partial charge in [0.15, 0.2) is 5.82 Å². The average molecular weight is 470 g/mol. The number of nitrogens with zero attached hydrogens (tertiary/aromatic N) is 2. The maximum atomic E-state index is 12.8. The highest BCUT2D eigenvalue weighted by molar-refractivity contribution is 9.10. The number of nitrogens with one attached hydrogen (secondary N) is 1. The summed E-state index contributed by atoms with van der Waals surface area (Å²) in [5.74, 6) is 0.891. The Hall–Kier alpha value is -2.90. The molecule has 30 heavy (non-hydrogen) atoms. The lowest BCUT2D eigenvalue weighted by Crippen LogP contribution is -2.13. The molecule has 7 heteroatoms. The molecule has 0 radical (unpaired) electrons. The number of anilines is 1. The highest BCUT2D eigenvalue weighted by Crippen LogP contribution is 2.21. The first-order valence-electron chi connectivity index (χ1n) is 9.55. The van der Waals surface area contributed by atoms with E-state index >= 15 is 0 Å². The van der Waals surface area contributed by atoms with Gasteiger partial charge in [-0.1, -0.05) is 40.2 Å². The molecule has 1 N–H and O–H groups in total. The Labute approximate surface area is 184 Å². The lowest BCUT2D eigenvalue weighted by Gasteiger charge is -2.10. The summed E-state index contributed by atoms with van der Waals surface area (Å²) in [6.07, 6.45) is 6.50. The second kappa shape index (κ2) is 10.8. The Morgan fingerprint density at radius 2 is 1.97 bits per heavy atom. The van der Waals surface area contributed by atoms with Gasteiger partial charge in [0.1, 0.15) is 5.75 Å². The molecular weight excluding hydrogens is 446 g/mol. The first-order chi connectivity index (χ1) is 14.5. The number of aromatic nitrogens is 2. The molecule has 0 spiro atoms. The van der Waals surface area contributed by atoms with Crippen molar-refractivity contribution < 1.29 is 14.3 Å². The van der Waals surface area contributed by atoms with Crippen molar-refractivity contribution in [3.8, 4) is 5.75 Å². The molecule has 0 aliphatic carbocycles. The maximum absolute atomic E-state index is 12.8. The molecule has 1 heterocycles. The quantitative estimate of drug-likeness (QED) is 0.352. The van der Waals surface area contributed by atoms with Crippen LogP contribution in [-0.2, 0) is 11.8 Å². The Balaban J connectivity index is 1.82. The lowest BCUT2D eigenvalue weighted by molar-refractivity contribution is 0.102. The van der Waals surface area contributed by atoms with Crippen molar-refractivity contribution in [1.82, 2.24) is 9.78 Å². The molecule has 3 rings (SSSR count). The van der Waals surface area contributed by atoms with Crippen molar-refractivity contribution >= 4 is 39.8 Å². The van der Waals surface area contributed by atoms with E-state index < -0.39 is 0 Å². The standard InChI is InChI=1S/C23H24BrN3O3/c1-27-10-9-22(26-27)25-23(28)19-13-18(8-7-17-5-3-6-20(24)14-17)15-21(16-19)30-12-4-11-29-2/h3,5-10,13-16H,4,11-12H2,1-2H3,(H,25,26,28)/b8-7+. The third-order valence-corrected chi connectivity index (χ3v) is 4.72. The number of amides is 1. The Kier molecular flexibility index (Phi) is 7.82. The fourth-order valence-corrected chi connectivity index (χ4v) is 3.22. The zero-order valence-corrected chi connectivity index (χ0v) is 18.6. The highest BCUT2D eigenvalue weighted by atomic mass is 79.9. The number of aryl methyl sites for hydroxylation is 1. The molecular formula is C23H24BrN3O3. The summed E-state index contributed by atoms with van der Waals surface area (Å²) < 4.78 is 13.6. The summed E-state index contributed by atoms with van der Waals surface area (Å²) >= 11 is 3.48. The van der Waals surface area contributed by atoms with E-state index in [-0.39, 0.29) is 5.91 Å². The third-order valence-electron chi connectivity index (χ3n) is 4.22. The minimum atomic E-state index is -0.242. The van der Waals surface area contributed by atoms with E-state index in [2.05, 4.69) is 26.3 Å². The van der Waals surface area contributed by atoms with Crippen LogP contribution in [-0.4, -0.2) is 36.0 Å². The second-order valence-electron chi connectivity index (χ2n) is 6.70. The number of halogens is 1. The molecule has 0 fully saturated rings. The lowest BCUT2D eigenvalue weighted by atomic mass is 10.1. The number of methoxy groups -OCH3 is 1. The molecule has 0 saturated carbocycles. The number of benzene rings is 2. The van der Waals surface area contributed by atoms with Gasteiger partial charge in [0.25, 0.3) is 5.91 Å². The minimum Gasteiger partial charge on any atom is -0.493 e. The molecule has 0 unspecified atom stereocenters. The van der Waals surface area contributed by atoms with Gasteiger partial charge < -0.3 is 14.8 Å². The maximum Gasteiger partial charge on any atom is 0.257 e. The predicted octanol–water partition coefficient (Wildman–Crippen LogP) is 5.02. The summed E-state index contributed by atoms with van der Waals surface area (Å²) in [6.45, 7) is 1.13. The van der Waals surface area contributed by atoms with E-state index in [0.29, 0.717) is 30.3 Å². The summed E-state index contributed by atoms with van der Waals surface area (Å²) in [6, 6.07) is 15.2.